The molecule has 2 heterocycles. The fraction of sp³-hybridized carbons (Fsp3) is 0.500. The number of aromatic nitrogens is 2. The lowest BCUT2D eigenvalue weighted by molar-refractivity contribution is -0.0536. The van der Waals surface area contributed by atoms with Gasteiger partial charge in [0.05, 0.1) is 0 Å². The molecule has 2 rings (SSSR count). The van der Waals surface area contributed by atoms with Crippen molar-refractivity contribution in [3.8, 4) is 0 Å². The lowest BCUT2D eigenvalue weighted by Gasteiger charge is -2.21. The first kappa shape index (κ1) is 17.8. The van der Waals surface area contributed by atoms with Gasteiger partial charge in [0.15, 0.2) is 6.23 Å². The minimum atomic E-state index is -4.36. The van der Waals surface area contributed by atoms with Gasteiger partial charge in [-0.3, -0.25) is 18.9 Å². The van der Waals surface area contributed by atoms with Gasteiger partial charge in [-0.15, -0.1) is 0 Å². The first-order valence-corrected chi connectivity index (χ1v) is 8.22. The fourth-order valence-electron chi connectivity index (χ4n) is 2.39. The maximum atomic E-state index is 11.9. The van der Waals surface area contributed by atoms with E-state index in [4.69, 9.17) is 24.0 Å². The SMILES string of the molecule is COC1C(OC)[C@@H](/C=C/P(=O)(O)O)O[C@H]1n1ccc(=O)[nH]c1=O. The van der Waals surface area contributed by atoms with E-state index in [-0.39, 0.29) is 0 Å². The average Bonchev–Trinajstić information content (AvgIpc) is 2.81. The van der Waals surface area contributed by atoms with Crippen LogP contribution in [0.25, 0.3) is 0 Å². The Hall–Kier alpha value is -1.55. The highest BCUT2D eigenvalue weighted by Crippen LogP contribution is 2.39. The van der Waals surface area contributed by atoms with Crippen LogP contribution >= 0.6 is 7.60 Å². The molecule has 1 aromatic rings. The van der Waals surface area contributed by atoms with E-state index in [9.17, 15) is 14.2 Å². The van der Waals surface area contributed by atoms with Crippen molar-refractivity contribution in [2.45, 2.75) is 24.5 Å². The van der Waals surface area contributed by atoms with Crippen LogP contribution in [0.3, 0.4) is 0 Å². The van der Waals surface area contributed by atoms with Crippen LogP contribution < -0.4 is 11.2 Å². The van der Waals surface area contributed by atoms with Crippen LogP contribution in [0.1, 0.15) is 6.23 Å². The minimum absolute atomic E-state index is 0.556. The Labute approximate surface area is 130 Å². The lowest BCUT2D eigenvalue weighted by Crippen LogP contribution is -2.39. The second-order valence-electron chi connectivity index (χ2n) is 4.84. The van der Waals surface area contributed by atoms with Gasteiger partial charge in [-0.2, -0.15) is 0 Å². The minimum Gasteiger partial charge on any atom is -0.375 e. The molecule has 4 atom stereocenters. The first-order valence-electron chi connectivity index (χ1n) is 6.54. The number of ether oxygens (including phenoxy) is 3. The van der Waals surface area contributed by atoms with E-state index < -0.39 is 43.4 Å². The van der Waals surface area contributed by atoms with E-state index in [1.54, 1.807) is 0 Å². The monoisotopic (exact) mass is 348 g/mol. The van der Waals surface area contributed by atoms with Gasteiger partial charge in [0.25, 0.3) is 5.56 Å². The second-order valence-corrected chi connectivity index (χ2v) is 6.32. The highest BCUT2D eigenvalue weighted by atomic mass is 31.2. The van der Waals surface area contributed by atoms with E-state index in [1.807, 2.05) is 0 Å². The molecule has 1 aliphatic rings. The first-order chi connectivity index (χ1) is 10.8. The van der Waals surface area contributed by atoms with Crippen LogP contribution in [0.5, 0.6) is 0 Å². The third kappa shape index (κ3) is 4.05. The molecule has 1 fully saturated rings. The van der Waals surface area contributed by atoms with Crippen molar-refractivity contribution in [3.63, 3.8) is 0 Å². The van der Waals surface area contributed by atoms with Crippen LogP contribution in [0.4, 0.5) is 0 Å². The summed E-state index contributed by atoms with van der Waals surface area (Å²) < 4.78 is 28.3. The number of hydrogen-bond acceptors (Lipinski definition) is 6. The van der Waals surface area contributed by atoms with Crippen molar-refractivity contribution in [1.29, 1.82) is 0 Å². The zero-order valence-electron chi connectivity index (χ0n) is 12.4. The Bertz CT molecular complexity index is 735. The molecule has 1 aliphatic heterocycles. The molecular formula is C12H17N2O8P. The van der Waals surface area contributed by atoms with E-state index in [0.29, 0.717) is 5.82 Å². The maximum Gasteiger partial charge on any atom is 0.348 e. The Morgan fingerprint density at radius 1 is 1.30 bits per heavy atom. The number of hydrogen-bond donors (Lipinski definition) is 3. The highest BCUT2D eigenvalue weighted by molar-refractivity contribution is 7.55. The maximum absolute atomic E-state index is 11.9. The predicted octanol–water partition coefficient (Wildman–Crippen LogP) is -0.845. The Balaban J connectivity index is 2.37. The third-order valence-electron chi connectivity index (χ3n) is 3.36. The molecule has 0 spiro atoms. The van der Waals surface area contributed by atoms with Crippen LogP contribution in [-0.2, 0) is 18.8 Å². The van der Waals surface area contributed by atoms with Crippen molar-refractivity contribution in [2.75, 3.05) is 14.2 Å². The molecule has 0 aliphatic carbocycles. The molecule has 128 valence electrons. The zero-order chi connectivity index (χ0) is 17.2. The number of aromatic amines is 1. The van der Waals surface area contributed by atoms with Gasteiger partial charge >= 0.3 is 13.3 Å². The van der Waals surface area contributed by atoms with E-state index in [2.05, 4.69) is 4.98 Å². The molecule has 0 amide bonds. The summed E-state index contributed by atoms with van der Waals surface area (Å²) in [6.45, 7) is 0. The molecule has 23 heavy (non-hydrogen) atoms. The van der Waals surface area contributed by atoms with Crippen molar-refractivity contribution in [3.05, 3.63) is 45.0 Å². The summed E-state index contributed by atoms with van der Waals surface area (Å²) in [4.78, 5) is 43.0. The molecule has 10 nitrogen and oxygen atoms in total. The molecule has 2 unspecified atom stereocenters. The number of rotatable bonds is 5. The summed E-state index contributed by atoms with van der Waals surface area (Å²) in [5.41, 5.74) is -1.25. The summed E-state index contributed by atoms with van der Waals surface area (Å²) in [6, 6.07) is 1.15. The summed E-state index contributed by atoms with van der Waals surface area (Å²) in [6.07, 6.45) is -0.791. The van der Waals surface area contributed by atoms with Crippen molar-refractivity contribution >= 4 is 7.60 Å². The molecule has 3 N–H and O–H groups in total. The van der Waals surface area contributed by atoms with Crippen molar-refractivity contribution in [1.82, 2.24) is 9.55 Å². The Morgan fingerprint density at radius 3 is 2.48 bits per heavy atom. The van der Waals surface area contributed by atoms with Crippen LogP contribution in [0.2, 0.25) is 0 Å². The normalized spacial score (nSPS) is 28.5. The number of H-pyrrole nitrogens is 1. The second kappa shape index (κ2) is 6.91. The van der Waals surface area contributed by atoms with Gasteiger partial charge in [-0.1, -0.05) is 0 Å². The van der Waals surface area contributed by atoms with Gasteiger partial charge < -0.3 is 24.0 Å². The predicted molar refractivity (Wildman–Crippen MR) is 78.0 cm³/mol. The van der Waals surface area contributed by atoms with Crippen molar-refractivity contribution in [2.24, 2.45) is 0 Å². The van der Waals surface area contributed by atoms with Gasteiger partial charge in [0, 0.05) is 32.3 Å². The van der Waals surface area contributed by atoms with E-state index >= 15 is 0 Å². The fourth-order valence-corrected chi connectivity index (χ4v) is 2.78. The van der Waals surface area contributed by atoms with Gasteiger partial charge in [0.1, 0.15) is 18.3 Å². The smallest absolute Gasteiger partial charge is 0.348 e. The number of nitrogens with zero attached hydrogens (tertiary/aromatic N) is 1. The molecule has 1 aromatic heterocycles. The molecule has 1 saturated heterocycles. The molecule has 0 bridgehead atoms. The highest BCUT2D eigenvalue weighted by Gasteiger charge is 2.45. The molecular weight excluding hydrogens is 331 g/mol. The third-order valence-corrected chi connectivity index (χ3v) is 3.93. The van der Waals surface area contributed by atoms with Gasteiger partial charge in [0.2, 0.25) is 0 Å². The number of nitrogens with one attached hydrogen (secondary N) is 1. The average molecular weight is 348 g/mol. The standard InChI is InChI=1S/C12H17N2O8P/c1-20-9-7(4-6-23(17,18)19)22-11(10(9)21-2)14-5-3-8(15)13-12(14)16/h3-7,9-11H,1-2H3,(H,13,15,16)(H2,17,18,19)/b6-4+/t7-,9?,10?,11-/m1/s1. The van der Waals surface area contributed by atoms with Crippen LogP contribution in [-0.4, -0.2) is 51.9 Å². The Kier molecular flexibility index (Phi) is 5.35. The van der Waals surface area contributed by atoms with Crippen molar-refractivity contribution < 1.29 is 28.6 Å². The number of methoxy groups -OCH3 is 2. The summed E-state index contributed by atoms with van der Waals surface area (Å²) >= 11 is 0. The van der Waals surface area contributed by atoms with E-state index in [0.717, 1.165) is 16.7 Å². The summed E-state index contributed by atoms with van der Waals surface area (Å²) in [5.74, 6) is 0.703. The topological polar surface area (TPSA) is 140 Å². The van der Waals surface area contributed by atoms with E-state index in [1.165, 1.54) is 20.4 Å². The summed E-state index contributed by atoms with van der Waals surface area (Å²) in [7, 11) is -1.59. The molecule has 0 radical (unpaired) electrons. The van der Waals surface area contributed by atoms with Gasteiger partial charge in [-0.05, 0) is 6.08 Å². The molecule has 0 saturated carbocycles. The van der Waals surface area contributed by atoms with Crippen LogP contribution in [0.15, 0.2) is 33.7 Å². The molecule has 0 aromatic carbocycles. The van der Waals surface area contributed by atoms with Crippen LogP contribution in [0, 0.1) is 0 Å². The largest absolute Gasteiger partial charge is 0.375 e. The lowest BCUT2D eigenvalue weighted by atomic mass is 10.1. The zero-order valence-corrected chi connectivity index (χ0v) is 13.3. The summed E-state index contributed by atoms with van der Waals surface area (Å²) in [5, 5.41) is 0. The van der Waals surface area contributed by atoms with Gasteiger partial charge in [-0.25, -0.2) is 4.79 Å². The Morgan fingerprint density at radius 2 is 1.96 bits per heavy atom. The molecule has 11 heteroatoms. The quantitative estimate of drug-likeness (QED) is 0.585.